The van der Waals surface area contributed by atoms with Gasteiger partial charge in [0, 0.05) is 10.6 Å². The number of carboxylic acid groups (broad SMARTS) is 1. The summed E-state index contributed by atoms with van der Waals surface area (Å²) in [5.74, 6) is -4.41. The molecule has 0 fully saturated rings. The van der Waals surface area contributed by atoms with Crippen LogP contribution in [-0.4, -0.2) is 16.9 Å². The smallest absolute Gasteiger partial charge is 0.450 e. The summed E-state index contributed by atoms with van der Waals surface area (Å²) in [7, 11) is 0. The van der Waals surface area contributed by atoms with E-state index in [9.17, 15) is 22.8 Å². The summed E-state index contributed by atoms with van der Waals surface area (Å²) in [6.45, 7) is 0. The fourth-order valence-corrected chi connectivity index (χ4v) is 1.92. The summed E-state index contributed by atoms with van der Waals surface area (Å²) >= 11 is 5.69. The second-order valence-corrected chi connectivity index (χ2v) is 4.79. The van der Waals surface area contributed by atoms with Crippen molar-refractivity contribution in [1.29, 1.82) is 0 Å². The van der Waals surface area contributed by atoms with Crippen LogP contribution < -0.4 is 0 Å². The molecular formula is C14H8ClF3O4. The zero-order valence-corrected chi connectivity index (χ0v) is 11.5. The number of rotatable bonds is 4. The highest BCUT2D eigenvalue weighted by atomic mass is 35.5. The molecule has 0 atom stereocenters. The summed E-state index contributed by atoms with van der Waals surface area (Å²) in [6, 6.07) is 6.63. The molecule has 1 aromatic heterocycles. The number of aliphatic carboxylic acids is 1. The fraction of sp³-hybridized carbons (Fsp3) is 0.143. The molecule has 0 amide bonds. The molecule has 0 aliphatic rings. The van der Waals surface area contributed by atoms with Crippen LogP contribution in [0.2, 0.25) is 5.02 Å². The van der Waals surface area contributed by atoms with Crippen molar-refractivity contribution in [1.82, 2.24) is 0 Å². The first-order valence-corrected chi connectivity index (χ1v) is 6.28. The van der Waals surface area contributed by atoms with E-state index < -0.39 is 35.7 Å². The molecule has 4 nitrogen and oxygen atoms in total. The Bertz CT molecular complexity index is 717. The van der Waals surface area contributed by atoms with Crippen molar-refractivity contribution in [2.45, 2.75) is 12.6 Å². The molecule has 0 spiro atoms. The Labute approximate surface area is 127 Å². The number of ketones is 1. The van der Waals surface area contributed by atoms with E-state index in [1.807, 2.05) is 0 Å². The van der Waals surface area contributed by atoms with Gasteiger partial charge >= 0.3 is 12.1 Å². The van der Waals surface area contributed by atoms with Crippen molar-refractivity contribution in [3.8, 4) is 11.3 Å². The first-order chi connectivity index (χ1) is 10.2. The number of hydrogen-bond acceptors (Lipinski definition) is 3. The number of furan rings is 1. The molecule has 8 heteroatoms. The second kappa shape index (κ2) is 5.84. The summed E-state index contributed by atoms with van der Waals surface area (Å²) in [4.78, 5) is 22.2. The van der Waals surface area contributed by atoms with Crippen LogP contribution in [0.1, 0.15) is 22.5 Å². The Hall–Kier alpha value is -2.28. The minimum absolute atomic E-state index is 0.197. The average molecular weight is 333 g/mol. The molecule has 1 aromatic carbocycles. The average Bonchev–Trinajstić information content (AvgIpc) is 2.83. The van der Waals surface area contributed by atoms with E-state index in [0.717, 1.165) is 6.07 Å². The molecule has 0 unspecified atom stereocenters. The summed E-state index contributed by atoms with van der Waals surface area (Å²) < 4.78 is 43.5. The zero-order valence-electron chi connectivity index (χ0n) is 10.8. The highest BCUT2D eigenvalue weighted by Gasteiger charge is 2.40. The standard InChI is InChI=1S/C14H8ClF3O4/c15-8-3-1-7(2-4-8)11-5-9(10(19)6-12(20)21)13(22-11)14(16,17)18/h1-5H,6H2,(H,20,21). The van der Waals surface area contributed by atoms with Crippen molar-refractivity contribution >= 4 is 23.4 Å². The van der Waals surface area contributed by atoms with E-state index in [4.69, 9.17) is 21.1 Å². The SMILES string of the molecule is O=C(O)CC(=O)c1cc(-c2ccc(Cl)cc2)oc1C(F)(F)F. The number of alkyl halides is 3. The van der Waals surface area contributed by atoms with Crippen molar-refractivity contribution in [2.75, 3.05) is 0 Å². The molecule has 2 aromatic rings. The van der Waals surface area contributed by atoms with Gasteiger partial charge in [0.2, 0.25) is 5.76 Å². The molecule has 0 saturated carbocycles. The van der Waals surface area contributed by atoms with Crippen LogP contribution in [0.5, 0.6) is 0 Å². The van der Waals surface area contributed by atoms with Gasteiger partial charge in [0.05, 0.1) is 5.56 Å². The van der Waals surface area contributed by atoms with Crippen LogP contribution in [0.4, 0.5) is 13.2 Å². The van der Waals surface area contributed by atoms with Crippen molar-refractivity contribution < 1.29 is 32.3 Å². The predicted octanol–water partition coefficient (Wildman–Crippen LogP) is 4.28. The normalized spacial score (nSPS) is 11.5. The summed E-state index contributed by atoms with van der Waals surface area (Å²) in [6.07, 6.45) is -5.96. The van der Waals surface area contributed by atoms with E-state index in [1.54, 1.807) is 0 Å². The highest BCUT2D eigenvalue weighted by molar-refractivity contribution is 6.30. The largest absolute Gasteiger partial charge is 0.481 e. The maximum Gasteiger partial charge on any atom is 0.450 e. The number of hydrogen-bond donors (Lipinski definition) is 1. The van der Waals surface area contributed by atoms with Crippen molar-refractivity contribution in [2.24, 2.45) is 0 Å². The van der Waals surface area contributed by atoms with E-state index in [-0.39, 0.29) is 11.3 Å². The van der Waals surface area contributed by atoms with Crippen molar-refractivity contribution in [3.63, 3.8) is 0 Å². The Morgan fingerprint density at radius 2 is 1.77 bits per heavy atom. The van der Waals surface area contributed by atoms with E-state index in [0.29, 0.717) is 5.02 Å². The Morgan fingerprint density at radius 3 is 2.27 bits per heavy atom. The third-order valence-corrected chi connectivity index (χ3v) is 2.98. The van der Waals surface area contributed by atoms with Gasteiger partial charge in [0.25, 0.3) is 0 Å². The van der Waals surface area contributed by atoms with E-state index in [2.05, 4.69) is 0 Å². The summed E-state index contributed by atoms with van der Waals surface area (Å²) in [5, 5.41) is 8.93. The number of halogens is 4. The monoisotopic (exact) mass is 332 g/mol. The lowest BCUT2D eigenvalue weighted by Crippen LogP contribution is -2.13. The lowest BCUT2D eigenvalue weighted by atomic mass is 10.1. The molecule has 116 valence electrons. The van der Waals surface area contributed by atoms with Gasteiger partial charge in [-0.1, -0.05) is 11.6 Å². The molecule has 0 aliphatic carbocycles. The number of Topliss-reactive ketones (excluding diaryl/α,β-unsaturated/α-hetero) is 1. The first-order valence-electron chi connectivity index (χ1n) is 5.90. The molecule has 1 heterocycles. The number of benzene rings is 1. The van der Waals surface area contributed by atoms with Crippen LogP contribution in [0, 0.1) is 0 Å². The topological polar surface area (TPSA) is 67.5 Å². The van der Waals surface area contributed by atoms with Gasteiger partial charge in [-0.3, -0.25) is 9.59 Å². The second-order valence-electron chi connectivity index (χ2n) is 4.35. The maximum absolute atomic E-state index is 12.9. The van der Waals surface area contributed by atoms with Crippen LogP contribution in [0.25, 0.3) is 11.3 Å². The van der Waals surface area contributed by atoms with Crippen LogP contribution in [0.3, 0.4) is 0 Å². The Morgan fingerprint density at radius 1 is 1.18 bits per heavy atom. The lowest BCUT2D eigenvalue weighted by Gasteiger charge is -2.04. The van der Waals surface area contributed by atoms with Gasteiger partial charge in [-0.25, -0.2) is 0 Å². The van der Waals surface area contributed by atoms with Crippen molar-refractivity contribution in [3.05, 3.63) is 46.7 Å². The number of carbonyl (C=O) groups excluding carboxylic acids is 1. The third-order valence-electron chi connectivity index (χ3n) is 2.73. The van der Waals surface area contributed by atoms with Gasteiger partial charge in [0.15, 0.2) is 5.78 Å². The molecular weight excluding hydrogens is 325 g/mol. The molecule has 0 aliphatic heterocycles. The number of carboxylic acids is 1. The summed E-state index contributed by atoms with van der Waals surface area (Å²) in [5.41, 5.74) is -0.524. The minimum Gasteiger partial charge on any atom is -0.481 e. The Balaban J connectivity index is 2.50. The number of carbonyl (C=O) groups is 2. The van der Waals surface area contributed by atoms with Gasteiger partial charge in [-0.2, -0.15) is 13.2 Å². The van der Waals surface area contributed by atoms with Gasteiger partial charge in [-0.15, -0.1) is 0 Å². The van der Waals surface area contributed by atoms with Crippen LogP contribution >= 0.6 is 11.6 Å². The van der Waals surface area contributed by atoms with Gasteiger partial charge in [-0.05, 0) is 30.3 Å². The molecule has 2 rings (SSSR count). The van der Waals surface area contributed by atoms with Gasteiger partial charge in [0.1, 0.15) is 12.2 Å². The molecule has 0 bridgehead atoms. The van der Waals surface area contributed by atoms with E-state index in [1.165, 1.54) is 24.3 Å². The van der Waals surface area contributed by atoms with Crippen LogP contribution in [0.15, 0.2) is 34.7 Å². The highest BCUT2D eigenvalue weighted by Crippen LogP contribution is 2.37. The molecule has 1 N–H and O–H groups in total. The lowest BCUT2D eigenvalue weighted by molar-refractivity contribution is -0.153. The molecule has 22 heavy (non-hydrogen) atoms. The molecule has 0 saturated heterocycles. The fourth-order valence-electron chi connectivity index (χ4n) is 1.80. The predicted molar refractivity (Wildman–Crippen MR) is 70.7 cm³/mol. The maximum atomic E-state index is 12.9. The first kappa shape index (κ1) is 16.1. The molecule has 0 radical (unpaired) electrons. The van der Waals surface area contributed by atoms with E-state index >= 15 is 0 Å². The van der Waals surface area contributed by atoms with Gasteiger partial charge < -0.3 is 9.52 Å². The minimum atomic E-state index is -4.91. The Kier molecular flexibility index (Phi) is 4.27. The quantitative estimate of drug-likeness (QED) is 0.670. The zero-order chi connectivity index (χ0) is 16.5. The third kappa shape index (κ3) is 3.48. The van der Waals surface area contributed by atoms with Crippen LogP contribution in [-0.2, 0) is 11.0 Å².